The maximum Gasteiger partial charge on any atom is 0.309 e. The van der Waals surface area contributed by atoms with E-state index < -0.39 is 5.25 Å². The number of carbonyl (C=O) groups is 2. The number of para-hydroxylation sites is 1. The van der Waals surface area contributed by atoms with E-state index in [-0.39, 0.29) is 23.4 Å². The van der Waals surface area contributed by atoms with Gasteiger partial charge in [-0.3, -0.25) is 19.0 Å². The van der Waals surface area contributed by atoms with Gasteiger partial charge in [-0.15, -0.1) is 0 Å². The van der Waals surface area contributed by atoms with Gasteiger partial charge in [0, 0.05) is 13.1 Å². The quantitative estimate of drug-likeness (QED) is 0.290. The first kappa shape index (κ1) is 25.0. The van der Waals surface area contributed by atoms with Gasteiger partial charge in [0.15, 0.2) is 5.16 Å². The third-order valence-corrected chi connectivity index (χ3v) is 7.59. The van der Waals surface area contributed by atoms with Crippen molar-refractivity contribution < 1.29 is 14.3 Å². The number of carbonyl (C=O) groups excluding carboxylic acids is 2. The van der Waals surface area contributed by atoms with Crippen molar-refractivity contribution >= 4 is 34.5 Å². The molecule has 1 amide bonds. The Bertz CT molecular complexity index is 1310. The maximum absolute atomic E-state index is 13.5. The van der Waals surface area contributed by atoms with Crippen molar-refractivity contribution in [2.24, 2.45) is 5.92 Å². The number of amides is 1. The lowest BCUT2D eigenvalue weighted by molar-refractivity contribution is -0.151. The normalized spacial score (nSPS) is 15.3. The molecule has 0 radical (unpaired) electrons. The van der Waals surface area contributed by atoms with Gasteiger partial charge in [-0.1, -0.05) is 30.0 Å². The molecule has 1 aliphatic heterocycles. The number of aryl methyl sites for hydroxylation is 2. The second-order valence-electron chi connectivity index (χ2n) is 8.93. The number of likely N-dealkylation sites (tertiary alicyclic amines) is 1. The predicted octanol–water partition coefficient (Wildman–Crippen LogP) is 4.28. The molecule has 8 heteroatoms. The second-order valence-corrected chi connectivity index (χ2v) is 10.2. The van der Waals surface area contributed by atoms with Crippen molar-refractivity contribution in [3.63, 3.8) is 0 Å². The zero-order chi connectivity index (χ0) is 25.1. The van der Waals surface area contributed by atoms with Crippen LogP contribution in [0.2, 0.25) is 0 Å². The molecule has 4 rings (SSSR count). The van der Waals surface area contributed by atoms with E-state index >= 15 is 0 Å². The SMILES string of the molecule is CCOC(=O)C1CCN(C(=O)C(C)Sc2nc3ccccc3c(=O)n2-c2ccc(C)c(C)c2)CC1. The zero-order valence-corrected chi connectivity index (χ0v) is 21.4. The number of aromatic nitrogens is 2. The molecule has 0 N–H and O–H groups in total. The molecule has 2 heterocycles. The summed E-state index contributed by atoms with van der Waals surface area (Å²) >= 11 is 1.29. The smallest absolute Gasteiger partial charge is 0.309 e. The lowest BCUT2D eigenvalue weighted by Gasteiger charge is -2.32. The Kier molecular flexibility index (Phi) is 7.60. The number of thioether (sulfide) groups is 1. The van der Waals surface area contributed by atoms with Crippen LogP contribution >= 0.6 is 11.8 Å². The van der Waals surface area contributed by atoms with Crippen LogP contribution < -0.4 is 5.56 Å². The summed E-state index contributed by atoms with van der Waals surface area (Å²) in [5, 5.41) is 0.578. The second kappa shape index (κ2) is 10.6. The lowest BCUT2D eigenvalue weighted by Crippen LogP contribution is -2.43. The van der Waals surface area contributed by atoms with Crippen molar-refractivity contribution in [2.45, 2.75) is 50.9 Å². The largest absolute Gasteiger partial charge is 0.466 e. The Balaban J connectivity index is 1.61. The van der Waals surface area contributed by atoms with Gasteiger partial charge < -0.3 is 9.64 Å². The topological polar surface area (TPSA) is 81.5 Å². The highest BCUT2D eigenvalue weighted by Gasteiger charge is 2.31. The van der Waals surface area contributed by atoms with Crippen molar-refractivity contribution in [3.05, 3.63) is 63.9 Å². The molecule has 1 atom stereocenters. The summed E-state index contributed by atoms with van der Waals surface area (Å²) in [6.45, 7) is 9.08. The summed E-state index contributed by atoms with van der Waals surface area (Å²) in [5.41, 5.74) is 3.40. The Morgan fingerprint density at radius 3 is 2.51 bits per heavy atom. The van der Waals surface area contributed by atoms with E-state index in [4.69, 9.17) is 9.72 Å². The van der Waals surface area contributed by atoms with Crippen LogP contribution in [0.25, 0.3) is 16.6 Å². The van der Waals surface area contributed by atoms with Gasteiger partial charge in [0.25, 0.3) is 5.56 Å². The minimum absolute atomic E-state index is 0.0219. The molecular formula is C27H31N3O4S. The highest BCUT2D eigenvalue weighted by molar-refractivity contribution is 8.00. The fraction of sp³-hybridized carbons (Fsp3) is 0.407. The number of ether oxygens (including phenoxy) is 1. The Hall–Kier alpha value is -3.13. The van der Waals surface area contributed by atoms with Crippen LogP contribution in [0.15, 0.2) is 52.4 Å². The highest BCUT2D eigenvalue weighted by Crippen LogP contribution is 2.28. The minimum atomic E-state index is -0.444. The predicted molar refractivity (Wildman–Crippen MR) is 138 cm³/mol. The number of esters is 1. The Morgan fingerprint density at radius 2 is 1.83 bits per heavy atom. The van der Waals surface area contributed by atoms with E-state index in [9.17, 15) is 14.4 Å². The molecule has 0 saturated carbocycles. The average Bonchev–Trinajstić information content (AvgIpc) is 2.86. The summed E-state index contributed by atoms with van der Waals surface area (Å²) in [5.74, 6) is -0.356. The van der Waals surface area contributed by atoms with Crippen LogP contribution in [0.3, 0.4) is 0 Å². The minimum Gasteiger partial charge on any atom is -0.466 e. The number of hydrogen-bond donors (Lipinski definition) is 0. The molecule has 0 spiro atoms. The van der Waals surface area contributed by atoms with E-state index in [1.807, 2.05) is 57.2 Å². The molecule has 0 bridgehead atoms. The molecule has 1 unspecified atom stereocenters. The van der Waals surface area contributed by atoms with Gasteiger partial charge in [-0.05, 0) is 75.9 Å². The Labute approximate surface area is 209 Å². The van der Waals surface area contributed by atoms with Crippen LogP contribution in [0, 0.1) is 19.8 Å². The molecule has 35 heavy (non-hydrogen) atoms. The van der Waals surface area contributed by atoms with Gasteiger partial charge in [0.2, 0.25) is 5.91 Å². The fourth-order valence-corrected chi connectivity index (χ4v) is 5.36. The summed E-state index contributed by atoms with van der Waals surface area (Å²) in [7, 11) is 0. The van der Waals surface area contributed by atoms with Gasteiger partial charge in [-0.25, -0.2) is 4.98 Å². The zero-order valence-electron chi connectivity index (χ0n) is 20.6. The van der Waals surface area contributed by atoms with Crippen molar-refractivity contribution in [2.75, 3.05) is 19.7 Å². The van der Waals surface area contributed by atoms with Crippen molar-refractivity contribution in [3.8, 4) is 5.69 Å². The van der Waals surface area contributed by atoms with E-state index in [0.29, 0.717) is 48.6 Å². The fourth-order valence-electron chi connectivity index (χ4n) is 4.35. The molecule has 7 nitrogen and oxygen atoms in total. The molecule has 184 valence electrons. The molecule has 0 aliphatic carbocycles. The first-order valence-corrected chi connectivity index (χ1v) is 12.9. The van der Waals surface area contributed by atoms with Gasteiger partial charge >= 0.3 is 5.97 Å². The van der Waals surface area contributed by atoms with Crippen LogP contribution in [-0.4, -0.2) is 51.3 Å². The number of nitrogens with zero attached hydrogens (tertiary/aromatic N) is 3. The maximum atomic E-state index is 13.5. The van der Waals surface area contributed by atoms with Crippen molar-refractivity contribution in [1.29, 1.82) is 0 Å². The first-order valence-electron chi connectivity index (χ1n) is 12.0. The molecule has 1 fully saturated rings. The number of benzene rings is 2. The molecule has 2 aromatic carbocycles. The van der Waals surface area contributed by atoms with E-state index in [1.165, 1.54) is 11.8 Å². The Morgan fingerprint density at radius 1 is 1.11 bits per heavy atom. The summed E-state index contributed by atoms with van der Waals surface area (Å²) in [6.07, 6.45) is 1.20. The number of fused-ring (bicyclic) bond motifs is 1. The van der Waals surface area contributed by atoms with Crippen LogP contribution in [0.5, 0.6) is 0 Å². The molecule has 1 aromatic heterocycles. The van der Waals surface area contributed by atoms with Crippen LogP contribution in [-0.2, 0) is 14.3 Å². The number of piperidine rings is 1. The standard InChI is InChI=1S/C27H31N3O4S/c1-5-34-26(33)20-12-14-29(15-13-20)24(31)19(4)35-27-28-23-9-7-6-8-22(23)25(32)30(27)21-11-10-17(2)18(3)16-21/h6-11,16,19-20H,5,12-15H2,1-4H3. The van der Waals surface area contributed by atoms with E-state index in [2.05, 4.69) is 0 Å². The number of hydrogen-bond acceptors (Lipinski definition) is 6. The summed E-state index contributed by atoms with van der Waals surface area (Å²) in [4.78, 5) is 45.4. The summed E-state index contributed by atoms with van der Waals surface area (Å²) < 4.78 is 6.74. The van der Waals surface area contributed by atoms with Gasteiger partial charge in [0.1, 0.15) is 0 Å². The molecule has 3 aromatic rings. The van der Waals surface area contributed by atoms with Crippen LogP contribution in [0.1, 0.15) is 37.8 Å². The first-order chi connectivity index (χ1) is 16.8. The lowest BCUT2D eigenvalue weighted by atomic mass is 9.97. The third-order valence-electron chi connectivity index (χ3n) is 6.55. The van der Waals surface area contributed by atoms with E-state index in [1.54, 1.807) is 22.5 Å². The third kappa shape index (κ3) is 5.27. The van der Waals surface area contributed by atoms with E-state index in [0.717, 1.165) is 16.8 Å². The van der Waals surface area contributed by atoms with Crippen molar-refractivity contribution in [1.82, 2.24) is 14.5 Å². The number of rotatable bonds is 6. The molecule has 1 aliphatic rings. The summed E-state index contributed by atoms with van der Waals surface area (Å²) in [6, 6.07) is 13.2. The monoisotopic (exact) mass is 493 g/mol. The average molecular weight is 494 g/mol. The molecule has 1 saturated heterocycles. The highest BCUT2D eigenvalue weighted by atomic mass is 32.2. The molecular weight excluding hydrogens is 462 g/mol. The van der Waals surface area contributed by atoms with Gasteiger partial charge in [0.05, 0.1) is 34.4 Å². The van der Waals surface area contributed by atoms with Gasteiger partial charge in [-0.2, -0.15) is 0 Å². The van der Waals surface area contributed by atoms with Crippen LogP contribution in [0.4, 0.5) is 0 Å².